The molecule has 0 spiro atoms. The SMILES string of the molecule is COc1ccc(C(Cc2cc(N)c3ccccc3n2)Cc2cc(N)c3ccccc3n2)cc1. The molecule has 0 unspecified atom stereocenters. The Kier molecular flexibility index (Phi) is 5.53. The van der Waals surface area contributed by atoms with Gasteiger partial charge in [-0.05, 0) is 60.7 Å². The number of nitrogen functional groups attached to an aromatic ring is 2. The molecule has 5 heteroatoms. The number of hydrogen-bond acceptors (Lipinski definition) is 5. The Morgan fingerprint density at radius 3 is 1.67 bits per heavy atom. The molecule has 164 valence electrons. The molecule has 0 aliphatic rings. The van der Waals surface area contributed by atoms with Crippen LogP contribution in [0.25, 0.3) is 21.8 Å². The van der Waals surface area contributed by atoms with Gasteiger partial charge in [-0.2, -0.15) is 0 Å². The Morgan fingerprint density at radius 2 is 1.18 bits per heavy atom. The molecule has 5 rings (SSSR count). The summed E-state index contributed by atoms with van der Waals surface area (Å²) in [5.41, 5.74) is 19.1. The lowest BCUT2D eigenvalue weighted by molar-refractivity contribution is 0.414. The quantitative estimate of drug-likeness (QED) is 0.367. The molecule has 0 aliphatic heterocycles. The van der Waals surface area contributed by atoms with Crippen LogP contribution in [0.15, 0.2) is 84.9 Å². The van der Waals surface area contributed by atoms with Gasteiger partial charge in [-0.1, -0.05) is 48.5 Å². The zero-order chi connectivity index (χ0) is 22.8. The van der Waals surface area contributed by atoms with Crippen LogP contribution >= 0.6 is 0 Å². The molecule has 3 aromatic carbocycles. The lowest BCUT2D eigenvalue weighted by Gasteiger charge is -2.19. The number of rotatable bonds is 6. The van der Waals surface area contributed by atoms with Crippen molar-refractivity contribution in [2.45, 2.75) is 18.8 Å². The van der Waals surface area contributed by atoms with Crippen LogP contribution in [0.2, 0.25) is 0 Å². The molecule has 0 amide bonds. The number of fused-ring (bicyclic) bond motifs is 2. The lowest BCUT2D eigenvalue weighted by atomic mass is 9.89. The summed E-state index contributed by atoms with van der Waals surface area (Å²) in [6, 6.07) is 28.1. The van der Waals surface area contributed by atoms with Crippen molar-refractivity contribution in [3.05, 3.63) is 102 Å². The molecule has 0 fully saturated rings. The van der Waals surface area contributed by atoms with Crippen molar-refractivity contribution in [3.63, 3.8) is 0 Å². The summed E-state index contributed by atoms with van der Waals surface area (Å²) in [5, 5.41) is 1.96. The largest absolute Gasteiger partial charge is 0.497 e. The maximum absolute atomic E-state index is 6.36. The summed E-state index contributed by atoms with van der Waals surface area (Å²) in [7, 11) is 1.68. The molecule has 0 aliphatic carbocycles. The molecular formula is C28H26N4O. The van der Waals surface area contributed by atoms with Crippen LogP contribution in [0.4, 0.5) is 11.4 Å². The molecule has 2 aromatic heterocycles. The maximum atomic E-state index is 6.36. The van der Waals surface area contributed by atoms with E-state index in [0.717, 1.165) is 63.2 Å². The molecule has 0 bridgehead atoms. The third-order valence-electron chi connectivity index (χ3n) is 6.10. The Hall–Kier alpha value is -4.12. The molecule has 5 aromatic rings. The van der Waals surface area contributed by atoms with E-state index in [0.29, 0.717) is 0 Å². The molecule has 0 saturated carbocycles. The van der Waals surface area contributed by atoms with Gasteiger partial charge in [0.2, 0.25) is 0 Å². The van der Waals surface area contributed by atoms with E-state index in [1.165, 1.54) is 5.56 Å². The highest BCUT2D eigenvalue weighted by molar-refractivity contribution is 5.90. The van der Waals surface area contributed by atoms with Crippen molar-refractivity contribution in [2.75, 3.05) is 18.6 Å². The summed E-state index contributed by atoms with van der Waals surface area (Å²) in [5.74, 6) is 0.982. The molecule has 33 heavy (non-hydrogen) atoms. The summed E-state index contributed by atoms with van der Waals surface area (Å²) in [6.07, 6.45) is 1.46. The summed E-state index contributed by atoms with van der Waals surface area (Å²) < 4.78 is 5.36. The van der Waals surface area contributed by atoms with E-state index >= 15 is 0 Å². The fourth-order valence-corrected chi connectivity index (χ4v) is 4.42. The average Bonchev–Trinajstić information content (AvgIpc) is 2.84. The number of nitrogens with zero attached hydrogens (tertiary/aromatic N) is 2. The third-order valence-corrected chi connectivity index (χ3v) is 6.10. The topological polar surface area (TPSA) is 87.0 Å². The van der Waals surface area contributed by atoms with Crippen molar-refractivity contribution in [3.8, 4) is 5.75 Å². The monoisotopic (exact) mass is 434 g/mol. The number of hydrogen-bond donors (Lipinski definition) is 2. The Bertz CT molecular complexity index is 1340. The minimum atomic E-state index is 0.150. The van der Waals surface area contributed by atoms with E-state index in [-0.39, 0.29) is 5.92 Å². The minimum absolute atomic E-state index is 0.150. The van der Waals surface area contributed by atoms with Gasteiger partial charge in [0.25, 0.3) is 0 Å². The van der Waals surface area contributed by atoms with Gasteiger partial charge in [-0.25, -0.2) is 0 Å². The second-order valence-electron chi connectivity index (χ2n) is 8.32. The zero-order valence-electron chi connectivity index (χ0n) is 18.5. The Balaban J connectivity index is 1.53. The van der Waals surface area contributed by atoms with E-state index in [2.05, 4.69) is 12.1 Å². The maximum Gasteiger partial charge on any atom is 0.118 e. The molecule has 2 heterocycles. The first-order valence-electron chi connectivity index (χ1n) is 11.0. The molecule has 4 N–H and O–H groups in total. The number of benzene rings is 3. The molecule has 0 saturated heterocycles. The van der Waals surface area contributed by atoms with E-state index in [4.69, 9.17) is 26.2 Å². The van der Waals surface area contributed by atoms with Crippen LogP contribution in [0, 0.1) is 0 Å². The van der Waals surface area contributed by atoms with Crippen LogP contribution in [0.3, 0.4) is 0 Å². The highest BCUT2D eigenvalue weighted by Gasteiger charge is 2.17. The number of ether oxygens (including phenoxy) is 1. The zero-order valence-corrected chi connectivity index (χ0v) is 18.5. The number of pyridine rings is 2. The second kappa shape index (κ2) is 8.79. The molecule has 5 nitrogen and oxygen atoms in total. The number of methoxy groups -OCH3 is 1. The fraction of sp³-hybridized carbons (Fsp3) is 0.143. The van der Waals surface area contributed by atoms with Gasteiger partial charge in [-0.3, -0.25) is 9.97 Å². The van der Waals surface area contributed by atoms with Gasteiger partial charge in [0, 0.05) is 33.5 Å². The Morgan fingerprint density at radius 1 is 0.697 bits per heavy atom. The number of nitrogens with two attached hydrogens (primary N) is 2. The summed E-state index contributed by atoms with van der Waals surface area (Å²) >= 11 is 0. The summed E-state index contributed by atoms with van der Waals surface area (Å²) in [4.78, 5) is 9.79. The predicted octanol–water partition coefficient (Wildman–Crippen LogP) is 5.53. The van der Waals surface area contributed by atoms with Gasteiger partial charge in [0.15, 0.2) is 0 Å². The van der Waals surface area contributed by atoms with E-state index in [1.807, 2.05) is 72.8 Å². The van der Waals surface area contributed by atoms with Crippen LogP contribution in [0.5, 0.6) is 5.75 Å². The predicted molar refractivity (Wildman–Crippen MR) is 135 cm³/mol. The number of aromatic nitrogens is 2. The standard InChI is InChI=1S/C28H26N4O/c1-33-22-12-10-18(11-13-22)19(14-20-16-25(29)23-6-2-4-8-27(23)31-20)15-21-17-26(30)24-7-3-5-9-28(24)32-21/h2-13,16-17,19H,14-15H2,1H3,(H2,29,31)(H2,30,32). The van der Waals surface area contributed by atoms with Crippen LogP contribution in [0.1, 0.15) is 22.9 Å². The van der Waals surface area contributed by atoms with E-state index in [1.54, 1.807) is 7.11 Å². The molecular weight excluding hydrogens is 408 g/mol. The minimum Gasteiger partial charge on any atom is -0.497 e. The van der Waals surface area contributed by atoms with E-state index in [9.17, 15) is 0 Å². The van der Waals surface area contributed by atoms with Crippen LogP contribution in [-0.4, -0.2) is 17.1 Å². The number of anilines is 2. The summed E-state index contributed by atoms with van der Waals surface area (Å²) in [6.45, 7) is 0. The highest BCUT2D eigenvalue weighted by Crippen LogP contribution is 2.30. The second-order valence-corrected chi connectivity index (χ2v) is 8.32. The lowest BCUT2D eigenvalue weighted by Crippen LogP contribution is -2.10. The fourth-order valence-electron chi connectivity index (χ4n) is 4.42. The van der Waals surface area contributed by atoms with Crippen molar-refractivity contribution in [1.29, 1.82) is 0 Å². The van der Waals surface area contributed by atoms with E-state index < -0.39 is 0 Å². The van der Waals surface area contributed by atoms with Crippen LogP contribution < -0.4 is 16.2 Å². The van der Waals surface area contributed by atoms with Crippen LogP contribution in [-0.2, 0) is 12.8 Å². The van der Waals surface area contributed by atoms with Gasteiger partial charge in [0.05, 0.1) is 18.1 Å². The smallest absolute Gasteiger partial charge is 0.118 e. The normalized spacial score (nSPS) is 11.3. The van der Waals surface area contributed by atoms with Crippen molar-refractivity contribution >= 4 is 33.2 Å². The third kappa shape index (κ3) is 4.30. The Labute approximate surface area is 193 Å². The molecule has 0 atom stereocenters. The van der Waals surface area contributed by atoms with Gasteiger partial charge in [0.1, 0.15) is 5.75 Å². The first-order chi connectivity index (χ1) is 16.1. The number of para-hydroxylation sites is 2. The molecule has 0 radical (unpaired) electrons. The van der Waals surface area contributed by atoms with Crippen molar-refractivity contribution < 1.29 is 4.74 Å². The van der Waals surface area contributed by atoms with Crippen molar-refractivity contribution in [1.82, 2.24) is 9.97 Å². The first kappa shape index (κ1) is 20.8. The highest BCUT2D eigenvalue weighted by atomic mass is 16.5. The van der Waals surface area contributed by atoms with Gasteiger partial charge in [-0.15, -0.1) is 0 Å². The van der Waals surface area contributed by atoms with Gasteiger partial charge >= 0.3 is 0 Å². The van der Waals surface area contributed by atoms with Crippen molar-refractivity contribution in [2.24, 2.45) is 0 Å². The first-order valence-corrected chi connectivity index (χ1v) is 11.0. The average molecular weight is 435 g/mol. The van der Waals surface area contributed by atoms with Gasteiger partial charge < -0.3 is 16.2 Å².